The number of rotatable bonds is 6. The number of hydrazine groups is 1. The summed E-state index contributed by atoms with van der Waals surface area (Å²) in [5.41, 5.74) is 11.4. The van der Waals surface area contributed by atoms with E-state index in [-0.39, 0.29) is 17.7 Å². The van der Waals surface area contributed by atoms with Gasteiger partial charge in [0.05, 0.1) is 17.5 Å². The molecular weight excluding hydrogens is 397 g/mol. The first-order valence-electron chi connectivity index (χ1n) is 9.45. The lowest BCUT2D eigenvalue weighted by molar-refractivity contribution is -0.274. The maximum absolute atomic E-state index is 12.3. The van der Waals surface area contributed by atoms with Gasteiger partial charge in [0.2, 0.25) is 0 Å². The number of hydrogen-bond acceptors (Lipinski definition) is 5. The van der Waals surface area contributed by atoms with Crippen molar-refractivity contribution in [3.63, 3.8) is 0 Å². The first-order valence-corrected chi connectivity index (χ1v) is 9.45. The van der Waals surface area contributed by atoms with Gasteiger partial charge in [0, 0.05) is 19.2 Å². The van der Waals surface area contributed by atoms with E-state index in [1.54, 1.807) is 6.08 Å². The van der Waals surface area contributed by atoms with Crippen LogP contribution >= 0.6 is 0 Å². The zero-order valence-electron chi connectivity index (χ0n) is 16.1. The topological polar surface area (TPSA) is 83.1 Å². The van der Waals surface area contributed by atoms with E-state index in [0.717, 1.165) is 11.3 Å². The van der Waals surface area contributed by atoms with Crippen LogP contribution in [0, 0.1) is 0 Å². The van der Waals surface area contributed by atoms with Gasteiger partial charge in [-0.2, -0.15) is 0 Å². The van der Waals surface area contributed by atoms with E-state index in [9.17, 15) is 18.3 Å². The van der Waals surface area contributed by atoms with Crippen LogP contribution in [0.5, 0.6) is 5.75 Å². The Kier molecular flexibility index (Phi) is 6.96. The number of aliphatic imine (C=N–C) groups is 1. The van der Waals surface area contributed by atoms with Crippen molar-refractivity contribution in [2.24, 2.45) is 10.7 Å². The lowest BCUT2D eigenvalue weighted by Gasteiger charge is -2.31. The molecule has 1 heterocycles. The van der Waals surface area contributed by atoms with E-state index in [4.69, 9.17) is 5.73 Å². The highest BCUT2D eigenvalue weighted by atomic mass is 19.4. The number of halogens is 3. The average Bonchev–Trinajstić information content (AvgIpc) is 2.70. The monoisotopic (exact) mass is 420 g/mol. The third-order valence-corrected chi connectivity index (χ3v) is 4.45. The third-order valence-electron chi connectivity index (χ3n) is 4.45. The highest BCUT2D eigenvalue weighted by Gasteiger charge is 2.30. The molecule has 9 heteroatoms. The Morgan fingerprint density at radius 2 is 1.73 bits per heavy atom. The number of hydrogen-bond donors (Lipinski definition) is 3. The summed E-state index contributed by atoms with van der Waals surface area (Å²) in [6, 6.07) is 14.7. The van der Waals surface area contributed by atoms with Crippen LogP contribution in [0.2, 0.25) is 0 Å². The van der Waals surface area contributed by atoms with E-state index in [1.807, 2.05) is 35.3 Å². The van der Waals surface area contributed by atoms with Gasteiger partial charge in [-0.3, -0.25) is 0 Å². The summed E-state index contributed by atoms with van der Waals surface area (Å²) in [7, 11) is 0. The zero-order chi connectivity index (χ0) is 21.6. The second-order valence-electron chi connectivity index (χ2n) is 6.83. The number of benzene rings is 2. The molecule has 0 unspecified atom stereocenters. The molecule has 0 bridgehead atoms. The number of amidine groups is 1. The van der Waals surface area contributed by atoms with Crippen molar-refractivity contribution in [3.8, 4) is 5.75 Å². The molecule has 1 aliphatic rings. The Balaban J connectivity index is 1.77. The SMILES string of the molecule is NC(/C=C(\NN1CCC(O)CC1)c1ccccc1)=Nc1ccc(OC(F)(F)F)cc1. The Bertz CT molecular complexity index is 875. The molecular formula is C21H23F3N4O2. The number of piperidine rings is 1. The molecule has 0 saturated carbocycles. The number of ether oxygens (including phenoxy) is 1. The fourth-order valence-electron chi connectivity index (χ4n) is 3.00. The minimum atomic E-state index is -4.74. The maximum atomic E-state index is 12.3. The van der Waals surface area contributed by atoms with Crippen LogP contribution in [0.15, 0.2) is 65.7 Å². The van der Waals surface area contributed by atoms with Gasteiger partial charge in [-0.05, 0) is 42.7 Å². The number of nitrogens with zero attached hydrogens (tertiary/aromatic N) is 2. The summed E-state index contributed by atoms with van der Waals surface area (Å²) < 4.78 is 40.7. The molecule has 4 N–H and O–H groups in total. The second kappa shape index (κ2) is 9.64. The molecule has 0 aromatic heterocycles. The number of alkyl halides is 3. The van der Waals surface area contributed by atoms with Gasteiger partial charge in [-0.15, -0.1) is 13.2 Å². The summed E-state index contributed by atoms with van der Waals surface area (Å²) in [6.45, 7) is 1.37. The standard InChI is InChI=1S/C21H23F3N4O2/c22-21(23,24)30-18-8-6-16(7-9-18)26-20(25)14-19(15-4-2-1-3-5-15)27-28-12-10-17(29)11-13-28/h1-9,14,17,27,29H,10-13H2,(H2,25,26)/b19-14-. The van der Waals surface area contributed by atoms with Crippen molar-refractivity contribution < 1.29 is 23.0 Å². The van der Waals surface area contributed by atoms with Gasteiger partial charge in [0.1, 0.15) is 11.6 Å². The predicted molar refractivity (Wildman–Crippen MR) is 109 cm³/mol. The van der Waals surface area contributed by atoms with E-state index < -0.39 is 6.36 Å². The summed E-state index contributed by atoms with van der Waals surface area (Å²) >= 11 is 0. The van der Waals surface area contributed by atoms with Crippen molar-refractivity contribution >= 4 is 17.2 Å². The Hall–Kier alpha value is -3.04. The number of aliphatic hydroxyl groups is 1. The summed E-state index contributed by atoms with van der Waals surface area (Å²) in [4.78, 5) is 4.25. The predicted octanol–water partition coefficient (Wildman–Crippen LogP) is 3.58. The van der Waals surface area contributed by atoms with Crippen LogP contribution in [0.1, 0.15) is 18.4 Å². The van der Waals surface area contributed by atoms with Crippen LogP contribution in [0.25, 0.3) is 5.70 Å². The van der Waals surface area contributed by atoms with Crippen LogP contribution < -0.4 is 15.9 Å². The molecule has 1 aliphatic heterocycles. The van der Waals surface area contributed by atoms with E-state index in [2.05, 4.69) is 15.2 Å². The fraction of sp³-hybridized carbons (Fsp3) is 0.286. The summed E-state index contributed by atoms with van der Waals surface area (Å²) in [5, 5.41) is 11.7. The molecule has 3 rings (SSSR count). The van der Waals surface area contributed by atoms with Crippen molar-refractivity contribution in [2.75, 3.05) is 13.1 Å². The van der Waals surface area contributed by atoms with Gasteiger partial charge < -0.3 is 21.0 Å². The second-order valence-corrected chi connectivity index (χ2v) is 6.83. The molecule has 2 aromatic carbocycles. The molecule has 1 fully saturated rings. The van der Waals surface area contributed by atoms with Crippen molar-refractivity contribution in [1.29, 1.82) is 0 Å². The Morgan fingerprint density at radius 3 is 2.33 bits per heavy atom. The van der Waals surface area contributed by atoms with Crippen LogP contribution in [-0.4, -0.2) is 41.5 Å². The van der Waals surface area contributed by atoms with Gasteiger partial charge in [0.25, 0.3) is 0 Å². The lowest BCUT2D eigenvalue weighted by atomic mass is 10.1. The molecule has 0 radical (unpaired) electrons. The number of nitrogens with one attached hydrogen (secondary N) is 1. The Labute approximate surface area is 172 Å². The molecule has 30 heavy (non-hydrogen) atoms. The molecule has 1 saturated heterocycles. The first-order chi connectivity index (χ1) is 14.3. The quantitative estimate of drug-likeness (QED) is 0.492. The maximum Gasteiger partial charge on any atom is 0.573 e. The summed E-state index contributed by atoms with van der Waals surface area (Å²) in [6.07, 6.45) is -2.02. The van der Waals surface area contributed by atoms with Crippen LogP contribution in [0.4, 0.5) is 18.9 Å². The largest absolute Gasteiger partial charge is 0.573 e. The minimum Gasteiger partial charge on any atom is -0.406 e. The molecule has 0 amide bonds. The molecule has 160 valence electrons. The zero-order valence-corrected chi connectivity index (χ0v) is 16.1. The van der Waals surface area contributed by atoms with Crippen molar-refractivity contribution in [3.05, 3.63) is 66.2 Å². The molecule has 0 spiro atoms. The van der Waals surface area contributed by atoms with Crippen LogP contribution in [-0.2, 0) is 0 Å². The van der Waals surface area contributed by atoms with E-state index in [0.29, 0.717) is 31.6 Å². The normalized spacial score (nSPS) is 17.1. The molecule has 0 aliphatic carbocycles. The van der Waals surface area contributed by atoms with Crippen molar-refractivity contribution in [1.82, 2.24) is 10.4 Å². The van der Waals surface area contributed by atoms with Gasteiger partial charge in [0.15, 0.2) is 0 Å². The first kappa shape index (κ1) is 21.7. The highest BCUT2D eigenvalue weighted by Crippen LogP contribution is 2.25. The highest BCUT2D eigenvalue weighted by molar-refractivity contribution is 5.99. The van der Waals surface area contributed by atoms with Crippen LogP contribution in [0.3, 0.4) is 0 Å². The third kappa shape index (κ3) is 6.78. The smallest absolute Gasteiger partial charge is 0.406 e. The molecule has 2 aromatic rings. The fourth-order valence-corrected chi connectivity index (χ4v) is 3.00. The minimum absolute atomic E-state index is 0.183. The van der Waals surface area contributed by atoms with Gasteiger partial charge in [-0.1, -0.05) is 30.3 Å². The van der Waals surface area contributed by atoms with Gasteiger partial charge >= 0.3 is 6.36 Å². The number of nitrogens with two attached hydrogens (primary N) is 1. The molecule has 0 atom stereocenters. The summed E-state index contributed by atoms with van der Waals surface area (Å²) in [5.74, 6) is -0.141. The average molecular weight is 420 g/mol. The van der Waals surface area contributed by atoms with E-state index >= 15 is 0 Å². The van der Waals surface area contributed by atoms with Gasteiger partial charge in [-0.25, -0.2) is 10.0 Å². The Morgan fingerprint density at radius 1 is 1.10 bits per heavy atom. The molecule has 6 nitrogen and oxygen atoms in total. The van der Waals surface area contributed by atoms with E-state index in [1.165, 1.54) is 24.3 Å². The lowest BCUT2D eigenvalue weighted by Crippen LogP contribution is -2.44. The van der Waals surface area contributed by atoms with Crippen molar-refractivity contribution in [2.45, 2.75) is 25.3 Å². The number of aliphatic hydroxyl groups excluding tert-OH is 1.